The van der Waals surface area contributed by atoms with Gasteiger partial charge in [-0.1, -0.05) is 0 Å². The van der Waals surface area contributed by atoms with Crippen LogP contribution in [-0.4, -0.2) is 31.8 Å². The number of esters is 1. The van der Waals surface area contributed by atoms with Crippen LogP contribution in [0.3, 0.4) is 0 Å². The first kappa shape index (κ1) is 18.8. The fourth-order valence-electron chi connectivity index (χ4n) is 2.93. The molecule has 0 aliphatic heterocycles. The third kappa shape index (κ3) is 3.73. The second kappa shape index (κ2) is 6.96. The van der Waals surface area contributed by atoms with Crippen molar-refractivity contribution >= 4 is 31.7 Å². The van der Waals surface area contributed by atoms with Crippen LogP contribution in [0.15, 0.2) is 40.0 Å². The van der Waals surface area contributed by atoms with Crippen LogP contribution in [0.1, 0.15) is 24.2 Å². The van der Waals surface area contributed by atoms with Gasteiger partial charge in [-0.2, -0.15) is 0 Å². The Bertz CT molecular complexity index is 979. The highest BCUT2D eigenvalue weighted by molar-refractivity contribution is 9.10. The molecule has 0 spiro atoms. The van der Waals surface area contributed by atoms with Gasteiger partial charge in [0.15, 0.2) is 15.9 Å². The van der Waals surface area contributed by atoms with Crippen molar-refractivity contribution < 1.29 is 27.1 Å². The van der Waals surface area contributed by atoms with Gasteiger partial charge in [0.25, 0.3) is 0 Å². The zero-order valence-electron chi connectivity index (χ0n) is 13.9. The molecule has 0 fully saturated rings. The van der Waals surface area contributed by atoms with Crippen molar-refractivity contribution in [1.29, 1.82) is 0 Å². The molecule has 26 heavy (non-hydrogen) atoms. The minimum atomic E-state index is -3.65. The summed E-state index contributed by atoms with van der Waals surface area (Å²) in [5, 5.41) is 0. The van der Waals surface area contributed by atoms with Crippen molar-refractivity contribution in [2.24, 2.45) is 0 Å². The van der Waals surface area contributed by atoms with Gasteiger partial charge in [-0.15, -0.1) is 0 Å². The standard InChI is InChI=1S/C17H15BrFNO5S/c1-9(21)24-17-13(19)6-12-14(25-11-5-10(18)7-20-8-11)3-4-15(16(12)17)26(2,22)23/h3-5,7-8,13,17H,6H2,1-2H3. The van der Waals surface area contributed by atoms with E-state index in [1.54, 1.807) is 12.3 Å². The molecule has 2 atom stereocenters. The van der Waals surface area contributed by atoms with Crippen LogP contribution in [0.4, 0.5) is 4.39 Å². The number of pyridine rings is 1. The third-order valence-corrected chi connectivity index (χ3v) is 5.47. The lowest BCUT2D eigenvalue weighted by atomic mass is 10.1. The number of sulfone groups is 1. The Labute approximate surface area is 158 Å². The zero-order valence-corrected chi connectivity index (χ0v) is 16.3. The summed E-state index contributed by atoms with van der Waals surface area (Å²) in [7, 11) is -3.65. The molecular formula is C17H15BrFNO5S. The third-order valence-electron chi connectivity index (χ3n) is 3.89. The zero-order chi connectivity index (χ0) is 19.1. The van der Waals surface area contributed by atoms with Gasteiger partial charge in [0, 0.05) is 41.4 Å². The van der Waals surface area contributed by atoms with Crippen molar-refractivity contribution in [2.75, 3.05) is 6.26 Å². The van der Waals surface area contributed by atoms with Crippen LogP contribution in [0.25, 0.3) is 0 Å². The molecule has 3 rings (SSSR count). The van der Waals surface area contributed by atoms with E-state index >= 15 is 0 Å². The van der Waals surface area contributed by atoms with Crippen molar-refractivity contribution in [3.8, 4) is 11.5 Å². The van der Waals surface area contributed by atoms with E-state index in [1.807, 2.05) is 0 Å². The molecule has 0 saturated heterocycles. The van der Waals surface area contributed by atoms with Crippen LogP contribution in [0.5, 0.6) is 11.5 Å². The number of ether oxygens (including phenoxy) is 2. The normalized spacial score (nSPS) is 19.1. The van der Waals surface area contributed by atoms with Gasteiger partial charge in [0.05, 0.1) is 11.1 Å². The number of nitrogens with zero attached hydrogens (tertiary/aromatic N) is 1. The summed E-state index contributed by atoms with van der Waals surface area (Å²) in [6, 6.07) is 4.48. The van der Waals surface area contributed by atoms with Gasteiger partial charge in [0.2, 0.25) is 0 Å². The van der Waals surface area contributed by atoms with E-state index in [0.717, 1.165) is 13.2 Å². The van der Waals surface area contributed by atoms with E-state index in [-0.39, 0.29) is 16.9 Å². The lowest BCUT2D eigenvalue weighted by Gasteiger charge is -2.18. The van der Waals surface area contributed by atoms with Crippen LogP contribution in [-0.2, 0) is 25.8 Å². The number of aromatic nitrogens is 1. The number of rotatable bonds is 4. The molecule has 0 amide bonds. The van der Waals surface area contributed by atoms with Gasteiger partial charge < -0.3 is 9.47 Å². The number of hydrogen-bond donors (Lipinski definition) is 0. The lowest BCUT2D eigenvalue weighted by Crippen LogP contribution is -2.17. The number of fused-ring (bicyclic) bond motifs is 1. The Hall–Kier alpha value is -2.00. The second-order valence-electron chi connectivity index (χ2n) is 5.92. The van der Waals surface area contributed by atoms with E-state index in [4.69, 9.17) is 9.47 Å². The first-order valence-corrected chi connectivity index (χ1v) is 10.3. The van der Waals surface area contributed by atoms with Crippen molar-refractivity contribution in [2.45, 2.75) is 30.5 Å². The van der Waals surface area contributed by atoms with E-state index in [1.165, 1.54) is 18.3 Å². The highest BCUT2D eigenvalue weighted by Crippen LogP contribution is 2.45. The molecule has 1 aromatic carbocycles. The molecule has 2 aromatic rings. The molecule has 2 unspecified atom stereocenters. The van der Waals surface area contributed by atoms with E-state index in [2.05, 4.69) is 20.9 Å². The monoisotopic (exact) mass is 443 g/mol. The molecule has 6 nitrogen and oxygen atoms in total. The fourth-order valence-corrected chi connectivity index (χ4v) is 4.23. The van der Waals surface area contributed by atoms with Crippen LogP contribution >= 0.6 is 15.9 Å². The molecule has 0 saturated carbocycles. The maximum atomic E-state index is 14.5. The topological polar surface area (TPSA) is 82.6 Å². The Morgan fingerprint density at radius 1 is 1.35 bits per heavy atom. The summed E-state index contributed by atoms with van der Waals surface area (Å²) >= 11 is 3.28. The summed E-state index contributed by atoms with van der Waals surface area (Å²) in [6.07, 6.45) is 1.13. The SMILES string of the molecule is CC(=O)OC1c2c(S(C)(=O)=O)ccc(Oc3cncc(Br)c3)c2CC1F. The quantitative estimate of drug-likeness (QED) is 0.672. The largest absolute Gasteiger partial charge is 0.455 e. The molecule has 0 radical (unpaired) electrons. The molecular weight excluding hydrogens is 429 g/mol. The number of carbonyl (C=O) groups excluding carboxylic acids is 1. The molecule has 1 aromatic heterocycles. The number of halogens is 2. The van der Waals surface area contributed by atoms with Crippen molar-refractivity contribution in [3.05, 3.63) is 46.2 Å². The highest BCUT2D eigenvalue weighted by Gasteiger charge is 2.41. The van der Waals surface area contributed by atoms with Crippen LogP contribution in [0, 0.1) is 0 Å². The first-order valence-electron chi connectivity index (χ1n) is 7.62. The Morgan fingerprint density at radius 2 is 2.08 bits per heavy atom. The summed E-state index contributed by atoms with van der Waals surface area (Å²) < 4.78 is 50.3. The van der Waals surface area contributed by atoms with Gasteiger partial charge in [-0.3, -0.25) is 9.78 Å². The van der Waals surface area contributed by atoms with Crippen molar-refractivity contribution in [1.82, 2.24) is 4.98 Å². The summed E-state index contributed by atoms with van der Waals surface area (Å²) in [5.74, 6) is 0.0112. The number of carbonyl (C=O) groups is 1. The maximum Gasteiger partial charge on any atom is 0.303 e. The molecule has 9 heteroatoms. The first-order chi connectivity index (χ1) is 12.2. The molecule has 1 heterocycles. The lowest BCUT2D eigenvalue weighted by molar-refractivity contribution is -0.149. The molecule has 138 valence electrons. The Balaban J connectivity index is 2.13. The van der Waals surface area contributed by atoms with E-state index in [9.17, 15) is 17.6 Å². The molecule has 0 bridgehead atoms. The molecule has 1 aliphatic carbocycles. The predicted octanol–water partition coefficient (Wildman–Crippen LogP) is 3.54. The Morgan fingerprint density at radius 3 is 2.69 bits per heavy atom. The second-order valence-corrected chi connectivity index (χ2v) is 8.82. The summed E-state index contributed by atoms with van der Waals surface area (Å²) in [4.78, 5) is 15.3. The van der Waals surface area contributed by atoms with E-state index in [0.29, 0.717) is 21.5 Å². The Kier molecular flexibility index (Phi) is 5.03. The number of benzene rings is 1. The minimum absolute atomic E-state index is 0.0707. The van der Waals surface area contributed by atoms with Crippen LogP contribution in [0.2, 0.25) is 0 Å². The predicted molar refractivity (Wildman–Crippen MR) is 94.7 cm³/mol. The number of alkyl halides is 1. The van der Waals surface area contributed by atoms with Gasteiger partial charge in [-0.05, 0) is 34.1 Å². The highest BCUT2D eigenvalue weighted by atomic mass is 79.9. The van der Waals surface area contributed by atoms with Gasteiger partial charge >= 0.3 is 5.97 Å². The summed E-state index contributed by atoms with van der Waals surface area (Å²) in [5.41, 5.74) is 0.502. The summed E-state index contributed by atoms with van der Waals surface area (Å²) in [6.45, 7) is 1.15. The van der Waals surface area contributed by atoms with Gasteiger partial charge in [0.1, 0.15) is 17.7 Å². The van der Waals surface area contributed by atoms with E-state index < -0.39 is 28.1 Å². The van der Waals surface area contributed by atoms with Crippen LogP contribution < -0.4 is 4.74 Å². The average molecular weight is 444 g/mol. The fraction of sp³-hybridized carbons (Fsp3) is 0.294. The average Bonchev–Trinajstić information content (AvgIpc) is 2.83. The van der Waals surface area contributed by atoms with Gasteiger partial charge in [-0.25, -0.2) is 12.8 Å². The van der Waals surface area contributed by atoms with Crippen molar-refractivity contribution in [3.63, 3.8) is 0 Å². The molecule has 0 N–H and O–H groups in total. The molecule has 1 aliphatic rings. The number of hydrogen-bond acceptors (Lipinski definition) is 6. The maximum absolute atomic E-state index is 14.5. The smallest absolute Gasteiger partial charge is 0.303 e. The minimum Gasteiger partial charge on any atom is -0.455 e.